The van der Waals surface area contributed by atoms with E-state index in [-0.39, 0.29) is 11.3 Å². The summed E-state index contributed by atoms with van der Waals surface area (Å²) in [7, 11) is 0. The second-order valence-corrected chi connectivity index (χ2v) is 12.2. The normalized spacial score (nSPS) is 13.3. The van der Waals surface area contributed by atoms with Crippen LogP contribution in [-0.4, -0.2) is 9.55 Å². The van der Waals surface area contributed by atoms with Crippen LogP contribution in [0.15, 0.2) is 96.4 Å². The van der Waals surface area contributed by atoms with Crippen molar-refractivity contribution in [3.05, 3.63) is 108 Å². The van der Waals surface area contributed by atoms with Crippen LogP contribution < -0.4 is 0 Å². The fourth-order valence-corrected chi connectivity index (χ4v) is 5.98. The van der Waals surface area contributed by atoms with Crippen LogP contribution in [0.25, 0.3) is 49.3 Å². The Hall–Kier alpha value is -3.69. The minimum Gasteiger partial charge on any atom is -0.292 e. The maximum absolute atomic E-state index is 8.67. The third-order valence-corrected chi connectivity index (χ3v) is 8.00. The average molecular weight is 517 g/mol. The van der Waals surface area contributed by atoms with Crippen molar-refractivity contribution in [3.63, 3.8) is 0 Å². The monoisotopic (exact) mass is 516 g/mol. The molecule has 0 saturated heterocycles. The van der Waals surface area contributed by atoms with Crippen molar-refractivity contribution < 1.29 is 2.74 Å². The van der Waals surface area contributed by atoms with Crippen LogP contribution in [0, 0.1) is 5.92 Å². The van der Waals surface area contributed by atoms with Crippen LogP contribution in [0.2, 0.25) is 0 Å². The lowest BCUT2D eigenvalue weighted by molar-refractivity contribution is 0.590. The smallest absolute Gasteiger partial charge is 0.147 e. The van der Waals surface area contributed by atoms with Gasteiger partial charge < -0.3 is 0 Å². The Kier molecular flexibility index (Phi) is 5.61. The Labute approximate surface area is 232 Å². The molecule has 0 atom stereocenters. The zero-order chi connectivity index (χ0) is 28.2. The number of fused-ring (bicyclic) bond motifs is 2. The van der Waals surface area contributed by atoms with Gasteiger partial charge in [-0.2, -0.15) is 0 Å². The van der Waals surface area contributed by atoms with Gasteiger partial charge in [-0.15, -0.1) is 11.3 Å². The van der Waals surface area contributed by atoms with Crippen LogP contribution in [0.1, 0.15) is 48.5 Å². The molecular formula is C35H34N2S. The SMILES string of the molecule is [2H]C([2H])(c1ccc2scc(-c3nc4ccccc4n3-c3ccc(-c4ccc(C(C)(C)C)cc4)cc3)c2c1)C(C)C. The van der Waals surface area contributed by atoms with Gasteiger partial charge in [-0.1, -0.05) is 89.2 Å². The van der Waals surface area contributed by atoms with E-state index in [0.717, 1.165) is 38.2 Å². The molecule has 0 fully saturated rings. The summed E-state index contributed by atoms with van der Waals surface area (Å²) in [5.41, 5.74) is 8.61. The molecule has 0 saturated carbocycles. The Bertz CT molecular complexity index is 1820. The number of rotatable bonds is 5. The van der Waals surface area contributed by atoms with Gasteiger partial charge in [0.25, 0.3) is 0 Å². The lowest BCUT2D eigenvalue weighted by atomic mass is 9.86. The predicted molar refractivity (Wildman–Crippen MR) is 165 cm³/mol. The van der Waals surface area contributed by atoms with Crippen LogP contribution in [-0.2, 0) is 11.8 Å². The van der Waals surface area contributed by atoms with Crippen molar-refractivity contribution in [3.8, 4) is 28.2 Å². The van der Waals surface area contributed by atoms with E-state index in [4.69, 9.17) is 7.73 Å². The molecular weight excluding hydrogens is 480 g/mol. The van der Waals surface area contributed by atoms with Crippen molar-refractivity contribution in [2.45, 2.75) is 46.4 Å². The summed E-state index contributed by atoms with van der Waals surface area (Å²) < 4.78 is 20.7. The third-order valence-electron chi connectivity index (χ3n) is 7.04. The van der Waals surface area contributed by atoms with Crippen LogP contribution in [0.4, 0.5) is 0 Å². The second-order valence-electron chi connectivity index (χ2n) is 11.3. The maximum Gasteiger partial charge on any atom is 0.147 e. The first-order valence-electron chi connectivity index (χ1n) is 14.2. The summed E-state index contributed by atoms with van der Waals surface area (Å²) in [6.07, 6.45) is -1.41. The van der Waals surface area contributed by atoms with Crippen LogP contribution >= 0.6 is 11.3 Å². The second kappa shape index (κ2) is 9.56. The van der Waals surface area contributed by atoms with E-state index in [2.05, 4.69) is 97.4 Å². The Morgan fingerprint density at radius 2 is 1.55 bits per heavy atom. The third kappa shape index (κ3) is 4.56. The molecule has 6 rings (SSSR count). The molecule has 0 aliphatic carbocycles. The van der Waals surface area contributed by atoms with Gasteiger partial charge in [0.1, 0.15) is 5.82 Å². The van der Waals surface area contributed by atoms with Crippen LogP contribution in [0.3, 0.4) is 0 Å². The fourth-order valence-electron chi connectivity index (χ4n) is 5.06. The summed E-state index contributed by atoms with van der Waals surface area (Å²) in [6.45, 7) is 10.6. The fraction of sp³-hybridized carbons (Fsp3) is 0.229. The molecule has 3 heteroatoms. The molecule has 0 aliphatic heterocycles. The summed E-state index contributed by atoms with van der Waals surface area (Å²) in [5, 5.41) is 3.20. The molecule has 190 valence electrons. The summed E-state index contributed by atoms with van der Waals surface area (Å²) in [4.78, 5) is 5.10. The maximum atomic E-state index is 8.67. The molecule has 0 radical (unpaired) electrons. The van der Waals surface area contributed by atoms with Gasteiger partial charge in [0.2, 0.25) is 0 Å². The summed E-state index contributed by atoms with van der Waals surface area (Å²) >= 11 is 1.68. The first-order chi connectivity index (χ1) is 19.0. The Balaban J connectivity index is 1.47. The summed E-state index contributed by atoms with van der Waals surface area (Å²) in [5.74, 6) is 0.747. The van der Waals surface area contributed by atoms with Crippen molar-refractivity contribution >= 4 is 32.5 Å². The number of benzene rings is 4. The van der Waals surface area contributed by atoms with E-state index in [0.29, 0.717) is 5.56 Å². The minimum absolute atomic E-state index is 0.125. The number of nitrogens with zero attached hydrogens (tertiary/aromatic N) is 2. The molecule has 0 amide bonds. The highest BCUT2D eigenvalue weighted by atomic mass is 32.1. The molecule has 2 aromatic heterocycles. The average Bonchev–Trinajstić information content (AvgIpc) is 3.53. The van der Waals surface area contributed by atoms with Gasteiger partial charge >= 0.3 is 0 Å². The van der Waals surface area contributed by atoms with Gasteiger partial charge in [-0.05, 0) is 76.4 Å². The predicted octanol–water partition coefficient (Wildman–Crippen LogP) is 10.1. The Morgan fingerprint density at radius 1 is 0.868 bits per heavy atom. The van der Waals surface area contributed by atoms with Crippen molar-refractivity contribution in [2.75, 3.05) is 0 Å². The molecule has 0 unspecified atom stereocenters. The lowest BCUT2D eigenvalue weighted by Gasteiger charge is -2.19. The van der Waals surface area contributed by atoms with Crippen molar-refractivity contribution in [2.24, 2.45) is 5.92 Å². The Morgan fingerprint density at radius 3 is 2.24 bits per heavy atom. The van der Waals surface area contributed by atoms with E-state index in [1.807, 2.05) is 38.1 Å². The molecule has 38 heavy (non-hydrogen) atoms. The number of hydrogen-bond acceptors (Lipinski definition) is 2. The van der Waals surface area contributed by atoms with Gasteiger partial charge in [0, 0.05) is 29.5 Å². The van der Waals surface area contributed by atoms with Gasteiger partial charge in [0.05, 0.1) is 11.0 Å². The molecule has 2 nitrogen and oxygen atoms in total. The quantitative estimate of drug-likeness (QED) is 0.223. The number of imidazole rings is 1. The highest BCUT2D eigenvalue weighted by Gasteiger charge is 2.18. The van der Waals surface area contributed by atoms with Gasteiger partial charge in [-0.25, -0.2) is 4.98 Å². The summed E-state index contributed by atoms with van der Waals surface area (Å²) in [6, 6.07) is 31.8. The molecule has 0 aliphatic rings. The molecule has 0 spiro atoms. The van der Waals surface area contributed by atoms with Crippen LogP contribution in [0.5, 0.6) is 0 Å². The van der Waals surface area contributed by atoms with E-state index in [1.54, 1.807) is 11.3 Å². The van der Waals surface area contributed by atoms with Crippen molar-refractivity contribution in [1.82, 2.24) is 9.55 Å². The molecule has 0 N–H and O–H groups in total. The van der Waals surface area contributed by atoms with E-state index in [9.17, 15) is 0 Å². The van der Waals surface area contributed by atoms with E-state index in [1.165, 1.54) is 16.7 Å². The zero-order valence-corrected chi connectivity index (χ0v) is 23.4. The standard InChI is InChI=1S/C35H34N2S/c1-23(2)20-24-10-19-33-29(21-24)30(22-38-33)34-36-31-8-6-7-9-32(31)37(34)28-17-13-26(14-18-28)25-11-15-27(16-12-25)35(3,4)5/h6-19,21-23H,20H2,1-5H3/i20D2. The zero-order valence-electron chi connectivity index (χ0n) is 24.6. The number of aromatic nitrogens is 2. The largest absolute Gasteiger partial charge is 0.292 e. The molecule has 0 bridgehead atoms. The molecule has 2 heterocycles. The lowest BCUT2D eigenvalue weighted by Crippen LogP contribution is -2.10. The first-order valence-corrected chi connectivity index (χ1v) is 14.1. The van der Waals surface area contributed by atoms with E-state index >= 15 is 0 Å². The number of para-hydroxylation sites is 2. The van der Waals surface area contributed by atoms with Gasteiger partial charge in [-0.3, -0.25) is 4.57 Å². The minimum atomic E-state index is -1.41. The highest BCUT2D eigenvalue weighted by molar-refractivity contribution is 7.17. The number of hydrogen-bond donors (Lipinski definition) is 0. The van der Waals surface area contributed by atoms with Gasteiger partial charge in [0.15, 0.2) is 0 Å². The number of thiophene rings is 1. The molecule has 6 aromatic rings. The first kappa shape index (κ1) is 22.3. The highest BCUT2D eigenvalue weighted by Crippen LogP contribution is 2.38. The topological polar surface area (TPSA) is 17.8 Å². The van der Waals surface area contributed by atoms with E-state index < -0.39 is 6.37 Å². The van der Waals surface area contributed by atoms with Crippen molar-refractivity contribution in [1.29, 1.82) is 0 Å². The molecule has 4 aromatic carbocycles.